The highest BCUT2D eigenvalue weighted by molar-refractivity contribution is 5.80. The van der Waals surface area contributed by atoms with Gasteiger partial charge in [-0.25, -0.2) is 4.68 Å². The van der Waals surface area contributed by atoms with Crippen molar-refractivity contribution >= 4 is 10.9 Å². The Hall–Kier alpha value is -3.96. The smallest absolute Gasteiger partial charge is 0.253 e. The number of piperazine rings is 1. The largest absolute Gasteiger partial charge is 0.494 e. The van der Waals surface area contributed by atoms with Crippen molar-refractivity contribution in [3.05, 3.63) is 69.8 Å². The van der Waals surface area contributed by atoms with Crippen LogP contribution in [-0.4, -0.2) is 74.6 Å². The van der Waals surface area contributed by atoms with Gasteiger partial charge in [0.05, 0.1) is 12.1 Å². The highest BCUT2D eigenvalue weighted by Crippen LogP contribution is 2.34. The number of nitrogens with zero attached hydrogens (tertiary/aromatic N) is 6. The van der Waals surface area contributed by atoms with Crippen molar-refractivity contribution in [3.8, 4) is 17.2 Å². The number of tetrazole rings is 1. The van der Waals surface area contributed by atoms with Crippen molar-refractivity contribution in [3.63, 3.8) is 0 Å². The molecule has 11 heteroatoms. The molecule has 1 fully saturated rings. The molecule has 210 valence electrons. The van der Waals surface area contributed by atoms with Gasteiger partial charge in [0.15, 0.2) is 17.3 Å². The quantitative estimate of drug-likeness (QED) is 0.374. The van der Waals surface area contributed by atoms with E-state index in [1.165, 1.54) is 5.56 Å². The van der Waals surface area contributed by atoms with Crippen molar-refractivity contribution in [2.24, 2.45) is 0 Å². The van der Waals surface area contributed by atoms with Gasteiger partial charge in [-0.05, 0) is 80.1 Å². The van der Waals surface area contributed by atoms with Gasteiger partial charge < -0.3 is 19.2 Å². The summed E-state index contributed by atoms with van der Waals surface area (Å²) in [5, 5.41) is 13.7. The molecule has 0 aliphatic carbocycles. The molecule has 0 amide bonds. The van der Waals surface area contributed by atoms with Crippen LogP contribution >= 0.6 is 0 Å². The van der Waals surface area contributed by atoms with Crippen LogP contribution in [0.4, 0.5) is 0 Å². The summed E-state index contributed by atoms with van der Waals surface area (Å²) >= 11 is 0. The molecule has 2 aliphatic rings. The molecular weight excluding hydrogens is 510 g/mol. The third-order valence-corrected chi connectivity index (χ3v) is 7.44. The van der Waals surface area contributed by atoms with Crippen LogP contribution in [0.25, 0.3) is 10.9 Å². The SMILES string of the molecule is CCOc1ccc2[nH]c(=O)c([C@@H](c3nnnn3C(C)(C)C)N3CCN(Cc4ccc5c(c4)OCO5)CC3)cc2c1. The Morgan fingerprint density at radius 3 is 2.60 bits per heavy atom. The number of hydrogen-bond acceptors (Lipinski definition) is 9. The standard InChI is InChI=1S/C29H35N7O4/c1-5-38-21-7-8-23-20(15-21)16-22(28(37)30-23)26(27-31-32-33-36(27)29(2,3)4)35-12-10-34(11-13-35)17-19-6-9-24-25(14-19)40-18-39-24/h6-9,14-16,26H,5,10-13,17-18H2,1-4H3,(H,30,37)/t26-/m0/s1. The van der Waals surface area contributed by atoms with Crippen molar-refractivity contribution < 1.29 is 14.2 Å². The van der Waals surface area contributed by atoms with E-state index in [1.54, 1.807) is 0 Å². The Morgan fingerprint density at radius 2 is 1.82 bits per heavy atom. The van der Waals surface area contributed by atoms with Gasteiger partial charge >= 0.3 is 0 Å². The lowest BCUT2D eigenvalue weighted by Gasteiger charge is -2.39. The van der Waals surface area contributed by atoms with E-state index in [0.29, 0.717) is 18.0 Å². The fraction of sp³-hybridized carbons (Fsp3) is 0.448. The second kappa shape index (κ2) is 10.5. The van der Waals surface area contributed by atoms with Gasteiger partial charge in [-0.2, -0.15) is 0 Å². The van der Waals surface area contributed by atoms with Gasteiger partial charge in [0, 0.05) is 49.2 Å². The van der Waals surface area contributed by atoms with Crippen molar-refractivity contribution in [2.45, 2.75) is 45.8 Å². The van der Waals surface area contributed by atoms with Gasteiger partial charge in [0.25, 0.3) is 5.56 Å². The topological polar surface area (TPSA) is 111 Å². The molecule has 1 N–H and O–H groups in total. The zero-order valence-corrected chi connectivity index (χ0v) is 23.4. The van der Waals surface area contributed by atoms with Crippen LogP contribution in [-0.2, 0) is 12.1 Å². The maximum absolute atomic E-state index is 13.6. The number of rotatable bonds is 7. The molecule has 0 bridgehead atoms. The van der Waals surface area contributed by atoms with Crippen LogP contribution in [0.1, 0.15) is 50.7 Å². The summed E-state index contributed by atoms with van der Waals surface area (Å²) in [5.74, 6) is 3.01. The van der Waals surface area contributed by atoms with E-state index in [9.17, 15) is 4.79 Å². The highest BCUT2D eigenvalue weighted by Gasteiger charge is 2.35. The molecule has 2 aromatic heterocycles. The molecule has 2 aromatic carbocycles. The lowest BCUT2D eigenvalue weighted by Crippen LogP contribution is -2.49. The molecule has 1 saturated heterocycles. The van der Waals surface area contributed by atoms with E-state index < -0.39 is 6.04 Å². The summed E-state index contributed by atoms with van der Waals surface area (Å²) in [6.45, 7) is 13.0. The molecule has 0 saturated carbocycles. The Morgan fingerprint density at radius 1 is 1.02 bits per heavy atom. The molecule has 4 heterocycles. The Kier molecular flexibility index (Phi) is 6.93. The molecule has 40 heavy (non-hydrogen) atoms. The molecular formula is C29H35N7O4. The minimum absolute atomic E-state index is 0.145. The predicted molar refractivity (Wildman–Crippen MR) is 150 cm³/mol. The molecule has 0 unspecified atom stereocenters. The molecule has 0 spiro atoms. The van der Waals surface area contributed by atoms with Gasteiger partial charge in [-0.15, -0.1) is 5.10 Å². The van der Waals surface area contributed by atoms with Crippen molar-refractivity contribution in [1.29, 1.82) is 0 Å². The summed E-state index contributed by atoms with van der Waals surface area (Å²) in [5.41, 5.74) is 2.06. The number of ether oxygens (including phenoxy) is 3. The first-order valence-electron chi connectivity index (χ1n) is 13.7. The lowest BCUT2D eigenvalue weighted by molar-refractivity contribution is 0.0975. The van der Waals surface area contributed by atoms with Crippen LogP contribution < -0.4 is 19.8 Å². The van der Waals surface area contributed by atoms with Crippen LogP contribution in [0.2, 0.25) is 0 Å². The number of pyridine rings is 1. The van der Waals surface area contributed by atoms with Crippen molar-refractivity contribution in [2.75, 3.05) is 39.6 Å². The summed E-state index contributed by atoms with van der Waals surface area (Å²) < 4.78 is 18.6. The molecule has 4 aromatic rings. The summed E-state index contributed by atoms with van der Waals surface area (Å²) in [6, 6.07) is 13.4. The van der Waals surface area contributed by atoms with Crippen LogP contribution in [0.15, 0.2) is 47.3 Å². The first-order chi connectivity index (χ1) is 19.3. The van der Waals surface area contributed by atoms with Gasteiger partial charge in [-0.1, -0.05) is 6.07 Å². The number of aromatic nitrogens is 5. The maximum atomic E-state index is 13.6. The molecule has 6 rings (SSSR count). The molecule has 11 nitrogen and oxygen atoms in total. The monoisotopic (exact) mass is 545 g/mol. The van der Waals surface area contributed by atoms with E-state index in [2.05, 4.69) is 63.2 Å². The first-order valence-corrected chi connectivity index (χ1v) is 13.7. The van der Waals surface area contributed by atoms with E-state index in [-0.39, 0.29) is 17.9 Å². The summed E-state index contributed by atoms with van der Waals surface area (Å²) in [7, 11) is 0. The summed E-state index contributed by atoms with van der Waals surface area (Å²) in [6.07, 6.45) is 0. The highest BCUT2D eigenvalue weighted by atomic mass is 16.7. The number of nitrogens with one attached hydrogen (secondary N) is 1. The van der Waals surface area contributed by atoms with E-state index in [1.807, 2.05) is 41.9 Å². The Balaban J connectivity index is 1.31. The minimum atomic E-state index is -0.411. The zero-order chi connectivity index (χ0) is 27.9. The number of H-pyrrole nitrogens is 1. The first kappa shape index (κ1) is 26.3. The van der Waals surface area contributed by atoms with Crippen molar-refractivity contribution in [1.82, 2.24) is 35.0 Å². The van der Waals surface area contributed by atoms with Gasteiger partial charge in [0.1, 0.15) is 11.8 Å². The third-order valence-electron chi connectivity index (χ3n) is 7.44. The third kappa shape index (κ3) is 5.14. The Labute approximate surface area is 232 Å². The number of benzene rings is 2. The van der Waals surface area contributed by atoms with Crippen LogP contribution in [0.5, 0.6) is 17.2 Å². The second-order valence-electron chi connectivity index (χ2n) is 11.3. The normalized spacial score (nSPS) is 16.9. The molecule has 2 aliphatic heterocycles. The predicted octanol–water partition coefficient (Wildman–Crippen LogP) is 3.30. The van der Waals surface area contributed by atoms with Crippen LogP contribution in [0, 0.1) is 0 Å². The molecule has 0 radical (unpaired) electrons. The maximum Gasteiger partial charge on any atom is 0.253 e. The Bertz CT molecular complexity index is 1570. The number of fused-ring (bicyclic) bond motifs is 2. The molecule has 1 atom stereocenters. The van der Waals surface area contributed by atoms with Crippen LogP contribution in [0.3, 0.4) is 0 Å². The zero-order valence-electron chi connectivity index (χ0n) is 23.4. The fourth-order valence-electron chi connectivity index (χ4n) is 5.48. The number of hydrogen-bond donors (Lipinski definition) is 1. The van der Waals surface area contributed by atoms with E-state index in [4.69, 9.17) is 14.2 Å². The van der Waals surface area contributed by atoms with Gasteiger partial charge in [-0.3, -0.25) is 14.6 Å². The van der Waals surface area contributed by atoms with Gasteiger partial charge in [0.2, 0.25) is 6.79 Å². The minimum Gasteiger partial charge on any atom is -0.494 e. The fourth-order valence-corrected chi connectivity index (χ4v) is 5.48. The summed E-state index contributed by atoms with van der Waals surface area (Å²) in [4.78, 5) is 21.4. The number of aromatic amines is 1. The second-order valence-corrected chi connectivity index (χ2v) is 11.3. The average Bonchev–Trinajstić information content (AvgIpc) is 3.60. The van der Waals surface area contributed by atoms with E-state index >= 15 is 0 Å². The average molecular weight is 546 g/mol. The van der Waals surface area contributed by atoms with E-state index in [0.717, 1.165) is 60.9 Å². The lowest BCUT2D eigenvalue weighted by atomic mass is 10.0.